The van der Waals surface area contributed by atoms with Crippen LogP contribution in [0.15, 0.2) is 0 Å². The van der Waals surface area contributed by atoms with E-state index in [-0.39, 0.29) is 29.6 Å². The van der Waals surface area contributed by atoms with Gasteiger partial charge in [0.25, 0.3) is 0 Å². The minimum atomic E-state index is -2.08. The second-order valence-electron chi connectivity index (χ2n) is 0.266. The maximum Gasteiger partial charge on any atom is 1.00 e. The van der Waals surface area contributed by atoms with Crippen LogP contribution in [0.4, 0.5) is 4.79 Å². The third-order valence-corrected chi connectivity index (χ3v) is 0. The van der Waals surface area contributed by atoms with Crippen molar-refractivity contribution in [2.75, 3.05) is 0 Å². The Labute approximate surface area is 62.6 Å². The maximum atomic E-state index is 8.44. The molecule has 0 fully saturated rings. The average Bonchev–Trinajstić information content (AvgIpc) is 1.41. The zero-order valence-corrected chi connectivity index (χ0v) is 5.92. The molecule has 0 aromatic carbocycles. The summed E-state index contributed by atoms with van der Waals surface area (Å²) in [5.41, 5.74) is 0. The Morgan fingerprint density at radius 1 is 1.57 bits per heavy atom. The van der Waals surface area contributed by atoms with Crippen molar-refractivity contribution in [3.63, 3.8) is 0 Å². The second-order valence-corrected chi connectivity index (χ2v) is 0.266. The topological polar surface area (TPSA) is 112 Å². The van der Waals surface area contributed by atoms with Crippen molar-refractivity contribution in [3.8, 4) is 0 Å². The maximum absolute atomic E-state index is 8.44. The van der Waals surface area contributed by atoms with Crippen LogP contribution in [0.25, 0.3) is 0 Å². The molecule has 0 heterocycles. The van der Waals surface area contributed by atoms with Gasteiger partial charge in [0, 0.05) is 0 Å². The second kappa shape index (κ2) is 16.4. The fraction of sp³-hybridized carbons (Fsp3) is 0. The van der Waals surface area contributed by atoms with Crippen LogP contribution in [0.1, 0.15) is 0 Å². The number of carbonyl (C=O) groups is 1. The first-order chi connectivity index (χ1) is 2.73. The zero-order chi connectivity index (χ0) is 5.58. The predicted octanol–water partition coefficient (Wildman–Crippen LogP) is -5.29. The molecule has 7 heavy (non-hydrogen) atoms. The van der Waals surface area contributed by atoms with Gasteiger partial charge in [-0.1, -0.05) is 0 Å². The number of carboxylic acid groups (broad SMARTS) is 2. The molecule has 38 valence electrons. The van der Waals surface area contributed by atoms with Gasteiger partial charge in [0.15, 0.2) is 0 Å². The summed E-state index contributed by atoms with van der Waals surface area (Å²) >= 11 is 0. The molecule has 0 bridgehead atoms. The smallest absolute Gasteiger partial charge is 0.565 e. The monoisotopic (exact) mass is 116 g/mol. The van der Waals surface area contributed by atoms with E-state index in [1.54, 1.807) is 0 Å². The van der Waals surface area contributed by atoms with E-state index in [1.165, 1.54) is 0 Å². The van der Waals surface area contributed by atoms with Crippen molar-refractivity contribution in [1.29, 1.82) is 0 Å². The normalized spacial score (nSPS) is 4.29. The van der Waals surface area contributed by atoms with Crippen LogP contribution in [-0.2, 0) is 0 Å². The Kier molecular flexibility index (Phi) is 36.7. The van der Waals surface area contributed by atoms with Crippen molar-refractivity contribution < 1.29 is 44.6 Å². The number of rotatable bonds is 0. The van der Waals surface area contributed by atoms with Gasteiger partial charge >= 0.3 is 29.6 Å². The summed E-state index contributed by atoms with van der Waals surface area (Å²) in [6.07, 6.45) is -2.08. The quantitative estimate of drug-likeness (QED) is 0.166. The van der Waals surface area contributed by atoms with Crippen LogP contribution >= 0.6 is 0 Å². The van der Waals surface area contributed by atoms with Crippen molar-refractivity contribution in [2.24, 2.45) is 11.7 Å². The van der Waals surface area contributed by atoms with Crippen LogP contribution in [0, 0.1) is 0 Å². The van der Waals surface area contributed by atoms with E-state index in [4.69, 9.17) is 15.0 Å². The summed E-state index contributed by atoms with van der Waals surface area (Å²) in [6.45, 7) is 0. The molecule has 5 N–H and O–H groups in total. The Hall–Kier alpha value is 0.190. The number of nitrogens with two attached hydrogens (primary N) is 2. The standard InChI is InChI=1S/CH2O3.H4N2.Na/c2-1(3)4;1-2;/h(H2,2,3,4);1-2H2;/q;;+1/p-1. The Bertz CT molecular complexity index is 35.9. The van der Waals surface area contributed by atoms with Crippen LogP contribution in [0.2, 0.25) is 0 Å². The first-order valence-electron chi connectivity index (χ1n) is 0.965. The van der Waals surface area contributed by atoms with Gasteiger partial charge in [-0.15, -0.1) is 0 Å². The Morgan fingerprint density at radius 3 is 1.57 bits per heavy atom. The summed E-state index contributed by atoms with van der Waals surface area (Å²) in [5, 5.41) is 15.3. The molecule has 0 aliphatic rings. The first kappa shape index (κ1) is 15.7. The molecule has 0 amide bonds. The minimum absolute atomic E-state index is 0. The molecule has 0 saturated carbocycles. The number of hydrogen-bond donors (Lipinski definition) is 3. The summed E-state index contributed by atoms with van der Waals surface area (Å²) in [7, 11) is 0. The molecule has 6 heteroatoms. The minimum Gasteiger partial charge on any atom is -0.565 e. The van der Waals surface area contributed by atoms with Crippen molar-refractivity contribution in [2.45, 2.75) is 0 Å². The van der Waals surface area contributed by atoms with E-state index < -0.39 is 6.16 Å². The van der Waals surface area contributed by atoms with Crippen LogP contribution in [0.3, 0.4) is 0 Å². The fourth-order valence-electron chi connectivity index (χ4n) is 0. The molecule has 0 rings (SSSR count). The largest absolute Gasteiger partial charge is 1.00 e. The molecular weight excluding hydrogens is 111 g/mol. The van der Waals surface area contributed by atoms with Gasteiger partial charge in [0.2, 0.25) is 6.16 Å². The molecule has 0 aliphatic heterocycles. The van der Waals surface area contributed by atoms with Gasteiger partial charge in [0.05, 0.1) is 0 Å². The molecule has 0 aromatic heterocycles. The van der Waals surface area contributed by atoms with Crippen LogP contribution < -0.4 is 46.3 Å². The molecule has 0 saturated heterocycles. The van der Waals surface area contributed by atoms with E-state index in [2.05, 4.69) is 11.7 Å². The Balaban J connectivity index is -0.0000000480. The number of hydrazine groups is 1. The summed E-state index contributed by atoms with van der Waals surface area (Å²) < 4.78 is 0. The molecular formula is CH5N2NaO3. The van der Waals surface area contributed by atoms with E-state index in [0.29, 0.717) is 0 Å². The van der Waals surface area contributed by atoms with Crippen molar-refractivity contribution in [3.05, 3.63) is 0 Å². The molecule has 0 aromatic rings. The molecule has 0 spiro atoms. The fourth-order valence-corrected chi connectivity index (χ4v) is 0. The van der Waals surface area contributed by atoms with E-state index in [0.717, 1.165) is 0 Å². The van der Waals surface area contributed by atoms with Gasteiger partial charge in [-0.05, 0) is 0 Å². The predicted molar refractivity (Wildman–Crippen MR) is 16.4 cm³/mol. The van der Waals surface area contributed by atoms with Gasteiger partial charge in [0.1, 0.15) is 0 Å². The third kappa shape index (κ3) is 3010. The summed E-state index contributed by atoms with van der Waals surface area (Å²) in [6, 6.07) is 0. The molecule has 0 unspecified atom stereocenters. The van der Waals surface area contributed by atoms with Gasteiger partial charge in [-0.3, -0.25) is 11.7 Å². The van der Waals surface area contributed by atoms with Crippen molar-refractivity contribution in [1.82, 2.24) is 0 Å². The molecule has 0 aliphatic carbocycles. The van der Waals surface area contributed by atoms with E-state index in [1.807, 2.05) is 0 Å². The van der Waals surface area contributed by atoms with Crippen LogP contribution in [-0.4, -0.2) is 11.3 Å². The summed E-state index contributed by atoms with van der Waals surface area (Å²) in [4.78, 5) is 8.44. The SMILES string of the molecule is NN.O=C([O-])O.[Na+]. The van der Waals surface area contributed by atoms with E-state index in [9.17, 15) is 0 Å². The van der Waals surface area contributed by atoms with Gasteiger partial charge < -0.3 is 15.0 Å². The van der Waals surface area contributed by atoms with Crippen LogP contribution in [0.5, 0.6) is 0 Å². The van der Waals surface area contributed by atoms with Gasteiger partial charge in [-0.2, -0.15) is 0 Å². The number of hydrogen-bond acceptors (Lipinski definition) is 4. The molecule has 5 nitrogen and oxygen atoms in total. The summed E-state index contributed by atoms with van der Waals surface area (Å²) in [5.74, 6) is 8.00. The van der Waals surface area contributed by atoms with Crippen molar-refractivity contribution >= 4 is 6.16 Å². The van der Waals surface area contributed by atoms with Gasteiger partial charge in [-0.25, -0.2) is 0 Å². The first-order valence-corrected chi connectivity index (χ1v) is 0.965. The average molecular weight is 116 g/mol. The Morgan fingerprint density at radius 2 is 1.57 bits per heavy atom. The third-order valence-electron chi connectivity index (χ3n) is 0. The van der Waals surface area contributed by atoms with E-state index >= 15 is 0 Å². The molecule has 0 atom stereocenters. The molecule has 0 radical (unpaired) electrons. The zero-order valence-electron chi connectivity index (χ0n) is 3.92.